The number of ether oxygens (including phenoxy) is 1. The van der Waals surface area contributed by atoms with E-state index in [1.54, 1.807) is 0 Å². The molecule has 0 aliphatic carbocycles. The lowest BCUT2D eigenvalue weighted by atomic mass is 9.88. The molecule has 0 amide bonds. The predicted octanol–water partition coefficient (Wildman–Crippen LogP) is -1.53. The summed E-state index contributed by atoms with van der Waals surface area (Å²) in [5.74, 6) is -0.289. The van der Waals surface area contributed by atoms with E-state index in [0.717, 1.165) is 12.3 Å². The molecule has 1 aliphatic heterocycles. The molecule has 1 aliphatic rings. The van der Waals surface area contributed by atoms with Crippen molar-refractivity contribution in [2.75, 3.05) is 25.7 Å². The molecule has 8 N–H and O–H groups in total. The van der Waals surface area contributed by atoms with E-state index in [0.29, 0.717) is 4.57 Å². The monoisotopic (exact) mass is 547 g/mol. The van der Waals surface area contributed by atoms with Crippen molar-refractivity contribution in [1.29, 1.82) is 0 Å². The summed E-state index contributed by atoms with van der Waals surface area (Å²) in [6.45, 7) is -5.27. The number of halogens is 2. The van der Waals surface area contributed by atoms with Gasteiger partial charge in [0.15, 0.2) is 17.4 Å². The predicted molar refractivity (Wildman–Crippen MR) is 98.5 cm³/mol. The average molecular weight is 547 g/mol. The fraction of sp³-hybridized carbons (Fsp3) is 0.636. The molecule has 6 unspecified atom stereocenters. The summed E-state index contributed by atoms with van der Waals surface area (Å²) in [6, 6.07) is 1.01. The Kier molecular flexibility index (Phi) is 8.05. The first kappa shape index (κ1) is 28.1. The van der Waals surface area contributed by atoms with E-state index in [1.807, 2.05) is 0 Å². The van der Waals surface area contributed by atoms with Crippen LogP contribution in [-0.2, 0) is 31.6 Å². The molecule has 1 fully saturated rings. The first-order chi connectivity index (χ1) is 14.9. The minimum absolute atomic E-state index is 0.289. The Morgan fingerprint density at radius 1 is 1.15 bits per heavy atom. The van der Waals surface area contributed by atoms with Gasteiger partial charge in [-0.25, -0.2) is 27.3 Å². The van der Waals surface area contributed by atoms with Crippen LogP contribution in [0.5, 0.6) is 0 Å². The molecule has 190 valence electrons. The minimum atomic E-state index is -5.92. The number of nitrogens with zero attached hydrogens (tertiary/aromatic N) is 2. The molecule has 6 atom stereocenters. The van der Waals surface area contributed by atoms with Crippen molar-refractivity contribution in [2.24, 2.45) is 0 Å². The molecule has 2 heterocycles. The van der Waals surface area contributed by atoms with Gasteiger partial charge in [0, 0.05) is 6.20 Å². The molecule has 1 aromatic rings. The van der Waals surface area contributed by atoms with Gasteiger partial charge in [0.1, 0.15) is 25.3 Å². The Bertz CT molecular complexity index is 1080. The highest BCUT2D eigenvalue weighted by Gasteiger charge is 2.65. The summed E-state index contributed by atoms with van der Waals surface area (Å²) < 4.78 is 78.2. The molecular weight excluding hydrogens is 529 g/mol. The maximum absolute atomic E-state index is 13.9. The van der Waals surface area contributed by atoms with Crippen LogP contribution in [0.1, 0.15) is 6.23 Å². The van der Waals surface area contributed by atoms with E-state index in [1.165, 1.54) is 0 Å². The van der Waals surface area contributed by atoms with E-state index in [-0.39, 0.29) is 5.82 Å². The fourth-order valence-electron chi connectivity index (χ4n) is 2.77. The molecule has 33 heavy (non-hydrogen) atoms. The van der Waals surface area contributed by atoms with Crippen molar-refractivity contribution in [3.8, 4) is 0 Å². The Morgan fingerprint density at radius 2 is 1.76 bits per heavy atom. The summed E-state index contributed by atoms with van der Waals surface area (Å²) >= 11 is 0. The van der Waals surface area contributed by atoms with Gasteiger partial charge >= 0.3 is 29.2 Å². The Morgan fingerprint density at radius 3 is 2.24 bits per heavy atom. The van der Waals surface area contributed by atoms with Crippen LogP contribution in [0.3, 0.4) is 0 Å². The molecule has 1 saturated heterocycles. The van der Waals surface area contributed by atoms with Crippen LogP contribution in [0, 0.1) is 0 Å². The third-order valence-corrected chi connectivity index (χ3v) is 7.96. The number of rotatable bonds is 10. The van der Waals surface area contributed by atoms with Crippen molar-refractivity contribution < 1.29 is 70.1 Å². The number of hydrogen-bond acceptors (Lipinski definition) is 12. The number of anilines is 1. The standard InChI is InChI=1S/C11H18F2N3O14P3/c12-3-10(5-27-32(23,24)30-33(25,26)29-31(20,21)22)7(17)11(19,4-13)8(28-10)16-2-1-6(14)15-9(16)18/h1-2,7-8,17,19H,3-5H2,(H,23,24)(H,25,26)(H2,14,15,18)(H2,20,21,22). The zero-order chi connectivity index (χ0) is 25.5. The second-order valence-corrected chi connectivity index (χ2v) is 11.0. The van der Waals surface area contributed by atoms with Gasteiger partial charge in [-0.1, -0.05) is 0 Å². The van der Waals surface area contributed by atoms with Gasteiger partial charge in [0.2, 0.25) is 0 Å². The van der Waals surface area contributed by atoms with E-state index in [9.17, 15) is 42.4 Å². The third kappa shape index (κ3) is 6.29. The van der Waals surface area contributed by atoms with Gasteiger partial charge in [0.05, 0.1) is 6.61 Å². The van der Waals surface area contributed by atoms with Crippen molar-refractivity contribution in [1.82, 2.24) is 9.55 Å². The molecule has 0 saturated carbocycles. The van der Waals surface area contributed by atoms with E-state index >= 15 is 0 Å². The van der Waals surface area contributed by atoms with E-state index in [2.05, 4.69) is 18.1 Å². The number of phosphoric acid groups is 3. The molecule has 0 spiro atoms. The topological polar surface area (TPSA) is 270 Å². The van der Waals surface area contributed by atoms with Crippen molar-refractivity contribution in [2.45, 2.75) is 23.5 Å². The van der Waals surface area contributed by atoms with Crippen LogP contribution in [-0.4, -0.2) is 76.6 Å². The molecule has 0 bridgehead atoms. The number of alkyl halides is 2. The molecule has 17 nitrogen and oxygen atoms in total. The first-order valence-electron chi connectivity index (χ1n) is 8.23. The summed E-state index contributed by atoms with van der Waals surface area (Å²) in [5, 5.41) is 20.9. The molecule has 0 aromatic carbocycles. The van der Waals surface area contributed by atoms with Gasteiger partial charge in [-0.05, 0) is 6.07 Å². The van der Waals surface area contributed by atoms with Crippen LogP contribution in [0.4, 0.5) is 14.6 Å². The molecule has 1 aromatic heterocycles. The Labute approximate surface area is 181 Å². The molecule has 2 rings (SSSR count). The molecule has 0 radical (unpaired) electrons. The maximum Gasteiger partial charge on any atom is 0.490 e. The van der Waals surface area contributed by atoms with Crippen LogP contribution in [0.15, 0.2) is 17.1 Å². The SMILES string of the molecule is Nc1ccn(C2OC(CF)(COP(=O)(O)OP(=O)(O)OP(=O)(O)O)C(O)C2(O)CF)c(=O)n1. The van der Waals surface area contributed by atoms with Crippen LogP contribution in [0.2, 0.25) is 0 Å². The number of aliphatic hydroxyl groups excluding tert-OH is 1. The lowest BCUT2D eigenvalue weighted by molar-refractivity contribution is -0.140. The Hall–Kier alpha value is -1.17. The van der Waals surface area contributed by atoms with E-state index in [4.69, 9.17) is 25.2 Å². The number of aromatic nitrogens is 2. The average Bonchev–Trinajstić information content (AvgIpc) is 2.86. The summed E-state index contributed by atoms with van der Waals surface area (Å²) in [4.78, 5) is 50.9. The number of hydrogen-bond donors (Lipinski definition) is 7. The van der Waals surface area contributed by atoms with Crippen LogP contribution in [0.25, 0.3) is 0 Å². The maximum atomic E-state index is 13.9. The highest BCUT2D eigenvalue weighted by molar-refractivity contribution is 7.66. The molecule has 22 heteroatoms. The quantitative estimate of drug-likeness (QED) is 0.164. The van der Waals surface area contributed by atoms with Crippen molar-refractivity contribution in [3.05, 3.63) is 22.7 Å². The highest BCUT2D eigenvalue weighted by Crippen LogP contribution is 2.66. The Balaban J connectivity index is 2.32. The van der Waals surface area contributed by atoms with Crippen LogP contribution >= 0.6 is 23.5 Å². The number of nitrogens with two attached hydrogens (primary N) is 1. The largest absolute Gasteiger partial charge is 0.490 e. The lowest BCUT2D eigenvalue weighted by Crippen LogP contribution is -2.55. The van der Waals surface area contributed by atoms with Gasteiger partial charge in [-0.2, -0.15) is 13.6 Å². The molecular formula is C11H18F2N3O14P3. The van der Waals surface area contributed by atoms with Gasteiger partial charge in [0.25, 0.3) is 0 Å². The zero-order valence-corrected chi connectivity index (χ0v) is 18.6. The summed E-state index contributed by atoms with van der Waals surface area (Å²) in [7, 11) is -17.4. The second kappa shape index (κ2) is 9.47. The third-order valence-electron chi connectivity index (χ3n) is 4.18. The van der Waals surface area contributed by atoms with E-state index < -0.39 is 72.6 Å². The fourth-order valence-corrected chi connectivity index (χ4v) is 5.85. The second-order valence-electron chi connectivity index (χ2n) is 6.60. The summed E-state index contributed by atoms with van der Waals surface area (Å²) in [5.41, 5.74) is -1.81. The summed E-state index contributed by atoms with van der Waals surface area (Å²) in [6.07, 6.45) is -3.89. The minimum Gasteiger partial charge on any atom is -0.387 e. The van der Waals surface area contributed by atoms with Crippen molar-refractivity contribution >= 4 is 29.3 Å². The van der Waals surface area contributed by atoms with Gasteiger partial charge in [-0.15, -0.1) is 0 Å². The lowest BCUT2D eigenvalue weighted by Gasteiger charge is -2.31. The van der Waals surface area contributed by atoms with Gasteiger partial charge in [-0.3, -0.25) is 9.09 Å². The highest BCUT2D eigenvalue weighted by atomic mass is 31.3. The van der Waals surface area contributed by atoms with Crippen LogP contribution < -0.4 is 11.4 Å². The zero-order valence-electron chi connectivity index (χ0n) is 15.9. The number of phosphoric ester groups is 1. The number of aliphatic hydroxyl groups is 2. The normalized spacial score (nSPS) is 31.8. The number of nitrogen functional groups attached to an aromatic ring is 1. The van der Waals surface area contributed by atoms with Crippen molar-refractivity contribution in [3.63, 3.8) is 0 Å². The smallest absolute Gasteiger partial charge is 0.387 e. The van der Waals surface area contributed by atoms with Gasteiger partial charge < -0.3 is 40.3 Å². The first-order valence-corrected chi connectivity index (χ1v) is 12.8.